The predicted molar refractivity (Wildman–Crippen MR) is 129 cm³/mol. The maximum Gasteiger partial charge on any atom is 0.343 e. The van der Waals surface area contributed by atoms with Crippen LogP contribution in [0.4, 0.5) is 0 Å². The number of carbonyl (C=O) groups excluding carboxylic acids is 2. The molecule has 0 bridgehead atoms. The Labute approximate surface area is 198 Å². The number of esters is 1. The van der Waals surface area contributed by atoms with Gasteiger partial charge in [-0.3, -0.25) is 4.79 Å². The molecule has 0 aromatic heterocycles. The van der Waals surface area contributed by atoms with Crippen LogP contribution in [0.5, 0.6) is 11.5 Å². The summed E-state index contributed by atoms with van der Waals surface area (Å²) in [5, 5.41) is 4.50. The second-order valence-corrected chi connectivity index (χ2v) is 8.18. The molecule has 3 aromatic rings. The van der Waals surface area contributed by atoms with Crippen molar-refractivity contribution >= 4 is 29.7 Å². The lowest BCUT2D eigenvalue weighted by Crippen LogP contribution is -2.25. The molecule has 6 nitrogen and oxygen atoms in total. The van der Waals surface area contributed by atoms with Gasteiger partial charge in [0.05, 0.1) is 11.8 Å². The van der Waals surface area contributed by atoms with Gasteiger partial charge in [0.25, 0.3) is 5.91 Å². The molecule has 0 heterocycles. The van der Waals surface area contributed by atoms with Gasteiger partial charge in [-0.15, -0.1) is 0 Å². The van der Waals surface area contributed by atoms with E-state index in [0.29, 0.717) is 22.1 Å². The van der Waals surface area contributed by atoms with Crippen molar-refractivity contribution in [2.45, 2.75) is 26.7 Å². The van der Waals surface area contributed by atoms with Gasteiger partial charge < -0.3 is 9.47 Å². The Morgan fingerprint density at radius 2 is 1.73 bits per heavy atom. The van der Waals surface area contributed by atoms with Crippen molar-refractivity contribution in [3.05, 3.63) is 94.0 Å². The third kappa shape index (κ3) is 7.19. The fourth-order valence-electron chi connectivity index (χ4n) is 2.97. The van der Waals surface area contributed by atoms with Gasteiger partial charge in [-0.1, -0.05) is 37.6 Å². The smallest absolute Gasteiger partial charge is 0.343 e. The van der Waals surface area contributed by atoms with E-state index in [-0.39, 0.29) is 18.4 Å². The average Bonchev–Trinajstić information content (AvgIpc) is 2.79. The molecular formula is C26H25ClN2O4. The summed E-state index contributed by atoms with van der Waals surface area (Å²) < 4.78 is 11.0. The highest BCUT2D eigenvalue weighted by atomic mass is 35.5. The van der Waals surface area contributed by atoms with Crippen LogP contribution in [0.15, 0.2) is 71.8 Å². The largest absolute Gasteiger partial charge is 0.483 e. The fourth-order valence-corrected chi connectivity index (χ4v) is 3.10. The van der Waals surface area contributed by atoms with Crippen LogP contribution in [0.3, 0.4) is 0 Å². The Morgan fingerprint density at radius 3 is 2.39 bits per heavy atom. The first-order chi connectivity index (χ1) is 15.8. The summed E-state index contributed by atoms with van der Waals surface area (Å²) in [7, 11) is 0. The van der Waals surface area contributed by atoms with E-state index in [9.17, 15) is 9.59 Å². The van der Waals surface area contributed by atoms with Gasteiger partial charge in [-0.25, -0.2) is 10.2 Å². The molecule has 1 N–H and O–H groups in total. The Morgan fingerprint density at radius 1 is 1.03 bits per heavy atom. The minimum Gasteiger partial charge on any atom is -0.483 e. The zero-order valence-corrected chi connectivity index (χ0v) is 19.4. The monoisotopic (exact) mass is 464 g/mol. The van der Waals surface area contributed by atoms with Crippen molar-refractivity contribution in [3.63, 3.8) is 0 Å². The molecule has 33 heavy (non-hydrogen) atoms. The van der Waals surface area contributed by atoms with E-state index in [2.05, 4.69) is 24.4 Å². The van der Waals surface area contributed by atoms with Crippen LogP contribution in [-0.4, -0.2) is 24.7 Å². The van der Waals surface area contributed by atoms with Gasteiger partial charge in [0.2, 0.25) is 0 Å². The standard InChI is InChI=1S/C26H25ClN2O4/c1-17(2)23-13-4-18(3)14-24(23)32-16-25(30)29-28-15-19-5-11-22(12-6-19)33-26(31)20-7-9-21(27)10-8-20/h4-15,17H,16H2,1-3H3,(H,29,30)/b28-15-. The summed E-state index contributed by atoms with van der Waals surface area (Å²) in [6.07, 6.45) is 1.49. The molecule has 0 aliphatic carbocycles. The Kier molecular flexibility index (Phi) is 8.22. The minimum atomic E-state index is -0.477. The fraction of sp³-hybridized carbons (Fsp3) is 0.192. The number of carbonyl (C=O) groups is 2. The van der Waals surface area contributed by atoms with Crippen LogP contribution in [0.25, 0.3) is 0 Å². The summed E-state index contributed by atoms with van der Waals surface area (Å²) in [5.74, 6) is 0.539. The van der Waals surface area contributed by atoms with Gasteiger partial charge >= 0.3 is 5.97 Å². The summed E-state index contributed by atoms with van der Waals surface area (Å²) in [6.45, 7) is 5.99. The van der Waals surface area contributed by atoms with E-state index in [4.69, 9.17) is 21.1 Å². The number of hydrogen-bond donors (Lipinski definition) is 1. The topological polar surface area (TPSA) is 77.0 Å². The number of halogens is 1. The highest BCUT2D eigenvalue weighted by molar-refractivity contribution is 6.30. The highest BCUT2D eigenvalue weighted by Crippen LogP contribution is 2.27. The molecule has 3 rings (SSSR count). The van der Waals surface area contributed by atoms with Gasteiger partial charge in [0.1, 0.15) is 11.5 Å². The van der Waals surface area contributed by atoms with Crippen molar-refractivity contribution < 1.29 is 19.1 Å². The number of ether oxygens (including phenoxy) is 2. The van der Waals surface area contributed by atoms with E-state index >= 15 is 0 Å². The number of hydrazone groups is 1. The lowest BCUT2D eigenvalue weighted by atomic mass is 10.0. The van der Waals surface area contributed by atoms with Crippen LogP contribution < -0.4 is 14.9 Å². The number of nitrogens with one attached hydrogen (secondary N) is 1. The molecule has 0 fully saturated rings. The second-order valence-electron chi connectivity index (χ2n) is 7.74. The van der Waals surface area contributed by atoms with Crippen molar-refractivity contribution in [1.29, 1.82) is 0 Å². The predicted octanol–water partition coefficient (Wildman–Crippen LogP) is 5.52. The molecular weight excluding hydrogens is 440 g/mol. The van der Waals surface area contributed by atoms with E-state index in [1.165, 1.54) is 6.21 Å². The Bertz CT molecular complexity index is 1140. The summed E-state index contributed by atoms with van der Waals surface area (Å²) in [4.78, 5) is 24.2. The molecule has 170 valence electrons. The third-order valence-electron chi connectivity index (χ3n) is 4.72. The van der Waals surface area contributed by atoms with Gasteiger partial charge in [-0.05, 0) is 84.1 Å². The van der Waals surface area contributed by atoms with Crippen LogP contribution in [0.1, 0.15) is 46.8 Å². The van der Waals surface area contributed by atoms with E-state index in [0.717, 1.165) is 16.7 Å². The maximum absolute atomic E-state index is 12.1. The summed E-state index contributed by atoms with van der Waals surface area (Å²) in [6, 6.07) is 19.1. The molecule has 3 aromatic carbocycles. The van der Waals surface area contributed by atoms with Crippen LogP contribution >= 0.6 is 11.6 Å². The highest BCUT2D eigenvalue weighted by Gasteiger charge is 2.10. The lowest BCUT2D eigenvalue weighted by molar-refractivity contribution is -0.123. The summed E-state index contributed by atoms with van der Waals surface area (Å²) in [5.41, 5.74) is 5.69. The molecule has 0 atom stereocenters. The first-order valence-corrected chi connectivity index (χ1v) is 10.8. The van der Waals surface area contributed by atoms with Crippen molar-refractivity contribution in [3.8, 4) is 11.5 Å². The zero-order chi connectivity index (χ0) is 23.8. The zero-order valence-electron chi connectivity index (χ0n) is 18.7. The van der Waals surface area contributed by atoms with Gasteiger partial charge in [0, 0.05) is 5.02 Å². The number of rotatable bonds is 8. The number of aryl methyl sites for hydroxylation is 1. The molecule has 0 aliphatic rings. The Hall–Kier alpha value is -3.64. The first kappa shape index (κ1) is 24.0. The molecule has 0 spiro atoms. The molecule has 1 amide bonds. The molecule has 0 radical (unpaired) electrons. The number of amides is 1. The minimum absolute atomic E-state index is 0.139. The SMILES string of the molecule is Cc1ccc(C(C)C)c(OCC(=O)N/N=C\c2ccc(OC(=O)c3ccc(Cl)cc3)cc2)c1. The normalized spacial score (nSPS) is 10.9. The molecule has 0 unspecified atom stereocenters. The number of hydrogen-bond acceptors (Lipinski definition) is 5. The molecule has 0 aliphatic heterocycles. The van der Waals surface area contributed by atoms with E-state index in [1.54, 1.807) is 48.5 Å². The van der Waals surface area contributed by atoms with Crippen molar-refractivity contribution in [2.24, 2.45) is 5.10 Å². The van der Waals surface area contributed by atoms with Crippen LogP contribution in [0, 0.1) is 6.92 Å². The average molecular weight is 465 g/mol. The van der Waals surface area contributed by atoms with Gasteiger partial charge in [0.15, 0.2) is 6.61 Å². The summed E-state index contributed by atoms with van der Waals surface area (Å²) >= 11 is 5.83. The number of benzene rings is 3. The first-order valence-electron chi connectivity index (χ1n) is 10.4. The van der Waals surface area contributed by atoms with E-state index in [1.807, 2.05) is 25.1 Å². The van der Waals surface area contributed by atoms with Crippen LogP contribution in [0.2, 0.25) is 5.02 Å². The quantitative estimate of drug-likeness (QED) is 0.206. The van der Waals surface area contributed by atoms with Gasteiger partial charge in [-0.2, -0.15) is 5.10 Å². The second kappa shape index (κ2) is 11.3. The molecule has 7 heteroatoms. The van der Waals surface area contributed by atoms with Crippen LogP contribution in [-0.2, 0) is 4.79 Å². The maximum atomic E-state index is 12.1. The molecule has 0 saturated heterocycles. The van der Waals surface area contributed by atoms with E-state index < -0.39 is 5.97 Å². The van der Waals surface area contributed by atoms with Crippen molar-refractivity contribution in [1.82, 2.24) is 5.43 Å². The molecule has 0 saturated carbocycles. The number of nitrogens with zero attached hydrogens (tertiary/aromatic N) is 1. The third-order valence-corrected chi connectivity index (χ3v) is 4.98. The van der Waals surface area contributed by atoms with Crippen molar-refractivity contribution in [2.75, 3.05) is 6.61 Å². The lowest BCUT2D eigenvalue weighted by Gasteiger charge is -2.14. The Balaban J connectivity index is 1.49.